The highest BCUT2D eigenvalue weighted by Crippen LogP contribution is 2.28. The third-order valence-electron chi connectivity index (χ3n) is 3.87. The third kappa shape index (κ3) is 6.50. The molecular weight excluding hydrogens is 433 g/mol. The van der Waals surface area contributed by atoms with E-state index in [2.05, 4.69) is 15.0 Å². The Bertz CT molecular complexity index is 1050. The second-order valence-corrected chi connectivity index (χ2v) is 7.65. The summed E-state index contributed by atoms with van der Waals surface area (Å²) in [6, 6.07) is 13.0. The fourth-order valence-corrected chi connectivity index (χ4v) is 3.53. The summed E-state index contributed by atoms with van der Waals surface area (Å²) in [5.41, 5.74) is 1.19. The quantitative estimate of drug-likeness (QED) is 0.477. The van der Waals surface area contributed by atoms with Gasteiger partial charge in [0, 0.05) is 42.8 Å². The lowest BCUT2D eigenvalue weighted by molar-refractivity contribution is 0.329. The summed E-state index contributed by atoms with van der Waals surface area (Å²) in [6.07, 6.45) is 3.37. The number of hydrogen-bond acceptors (Lipinski definition) is 6. The molecule has 1 heterocycles. The van der Waals surface area contributed by atoms with Gasteiger partial charge in [0.05, 0.1) is 17.7 Å². The van der Waals surface area contributed by atoms with Crippen LogP contribution in [-0.4, -0.2) is 33.7 Å². The third-order valence-corrected chi connectivity index (χ3v) is 5.27. The number of methoxy groups -OCH3 is 1. The van der Waals surface area contributed by atoms with Gasteiger partial charge in [-0.1, -0.05) is 0 Å². The summed E-state index contributed by atoms with van der Waals surface area (Å²) >= 11 is 0. The smallest absolute Gasteiger partial charge is 0.261 e. The van der Waals surface area contributed by atoms with Crippen LogP contribution in [0.4, 0.5) is 15.8 Å². The monoisotopic (exact) mass is 453 g/mol. The molecule has 0 radical (unpaired) electrons. The Morgan fingerprint density at radius 1 is 0.967 bits per heavy atom. The molecule has 0 fully saturated rings. The molecule has 0 aliphatic carbocycles. The molecule has 0 bridgehead atoms. The van der Waals surface area contributed by atoms with Crippen LogP contribution in [0.15, 0.2) is 71.9 Å². The highest BCUT2D eigenvalue weighted by atomic mass is 35.5. The molecule has 0 aliphatic heterocycles. The number of sulfonamides is 1. The van der Waals surface area contributed by atoms with E-state index in [1.54, 1.807) is 24.5 Å². The lowest BCUT2D eigenvalue weighted by atomic mass is 10.3. The molecule has 1 aromatic heterocycles. The summed E-state index contributed by atoms with van der Waals surface area (Å²) in [7, 11) is -2.40. The van der Waals surface area contributed by atoms with Crippen LogP contribution in [-0.2, 0) is 10.0 Å². The molecule has 10 heteroatoms. The largest absolute Gasteiger partial charge is 0.497 e. The van der Waals surface area contributed by atoms with Crippen LogP contribution in [0.5, 0.6) is 11.5 Å². The van der Waals surface area contributed by atoms with Crippen molar-refractivity contribution < 1.29 is 22.3 Å². The van der Waals surface area contributed by atoms with Crippen molar-refractivity contribution in [3.63, 3.8) is 0 Å². The van der Waals surface area contributed by atoms with Crippen molar-refractivity contribution in [2.24, 2.45) is 0 Å². The number of nitrogens with one attached hydrogen (secondary N) is 2. The Morgan fingerprint density at radius 2 is 1.63 bits per heavy atom. The van der Waals surface area contributed by atoms with E-state index in [0.29, 0.717) is 24.7 Å². The summed E-state index contributed by atoms with van der Waals surface area (Å²) < 4.78 is 51.5. The summed E-state index contributed by atoms with van der Waals surface area (Å²) in [5.74, 6) is 0.362. The van der Waals surface area contributed by atoms with Gasteiger partial charge in [-0.15, -0.1) is 12.4 Å². The molecule has 0 saturated carbocycles. The second-order valence-electron chi connectivity index (χ2n) is 5.97. The zero-order chi connectivity index (χ0) is 20.7. The van der Waals surface area contributed by atoms with E-state index in [9.17, 15) is 12.8 Å². The number of nitrogens with zero attached hydrogens (tertiary/aromatic N) is 1. The van der Waals surface area contributed by atoms with Gasteiger partial charge in [-0.2, -0.15) is 0 Å². The molecular formula is C20H21ClFN3O4S. The average molecular weight is 454 g/mol. The van der Waals surface area contributed by atoms with Crippen molar-refractivity contribution in [2.75, 3.05) is 30.3 Å². The Balaban J connectivity index is 0.00000320. The Kier molecular flexibility index (Phi) is 8.25. The first kappa shape index (κ1) is 23.2. The lowest BCUT2D eigenvalue weighted by Crippen LogP contribution is -2.14. The minimum atomic E-state index is -3.88. The first-order valence-electron chi connectivity index (χ1n) is 8.70. The number of ether oxygens (including phenoxy) is 2. The number of benzene rings is 2. The second kappa shape index (κ2) is 10.7. The molecule has 2 aromatic carbocycles. The SMILES string of the molecule is COc1cc(NS(=O)(=O)c2ccc(F)cc2)cc(OCCNc2ccncc2)c1.Cl. The van der Waals surface area contributed by atoms with E-state index in [1.807, 2.05) is 12.1 Å². The first-order chi connectivity index (χ1) is 14.0. The van der Waals surface area contributed by atoms with E-state index in [4.69, 9.17) is 9.47 Å². The van der Waals surface area contributed by atoms with E-state index < -0.39 is 15.8 Å². The van der Waals surface area contributed by atoms with Crippen LogP contribution in [0, 0.1) is 5.82 Å². The Labute approximate surface area is 180 Å². The van der Waals surface area contributed by atoms with Gasteiger partial charge in [-0.3, -0.25) is 9.71 Å². The molecule has 0 atom stereocenters. The maximum absolute atomic E-state index is 13.1. The van der Waals surface area contributed by atoms with Gasteiger partial charge >= 0.3 is 0 Å². The van der Waals surface area contributed by atoms with Crippen LogP contribution in [0.1, 0.15) is 0 Å². The molecule has 2 N–H and O–H groups in total. The van der Waals surface area contributed by atoms with E-state index in [0.717, 1.165) is 17.8 Å². The van der Waals surface area contributed by atoms with Crippen molar-refractivity contribution in [3.8, 4) is 11.5 Å². The number of halogens is 2. The average Bonchev–Trinajstić information content (AvgIpc) is 2.72. The van der Waals surface area contributed by atoms with Gasteiger partial charge < -0.3 is 14.8 Å². The summed E-state index contributed by atoms with van der Waals surface area (Å²) in [6.45, 7) is 0.886. The molecule has 3 rings (SSSR count). The molecule has 7 nitrogen and oxygen atoms in total. The Morgan fingerprint density at radius 3 is 2.30 bits per heavy atom. The zero-order valence-electron chi connectivity index (χ0n) is 16.0. The number of anilines is 2. The van der Waals surface area contributed by atoms with Crippen molar-refractivity contribution in [1.82, 2.24) is 4.98 Å². The standard InChI is InChI=1S/C20H20FN3O4S.ClH/c1-27-18-12-17(24-29(25,26)20-4-2-15(21)3-5-20)13-19(14-18)28-11-10-23-16-6-8-22-9-7-16;/h2-9,12-14,24H,10-11H2,1H3,(H,22,23);1H. The predicted octanol–water partition coefficient (Wildman–Crippen LogP) is 3.94. The number of pyridine rings is 1. The van der Waals surface area contributed by atoms with Crippen LogP contribution >= 0.6 is 12.4 Å². The van der Waals surface area contributed by atoms with Gasteiger partial charge in [0.2, 0.25) is 0 Å². The van der Waals surface area contributed by atoms with Gasteiger partial charge in [0.1, 0.15) is 23.9 Å². The maximum atomic E-state index is 13.1. The number of rotatable bonds is 9. The molecule has 0 aliphatic rings. The molecule has 160 valence electrons. The van der Waals surface area contributed by atoms with E-state index >= 15 is 0 Å². The lowest BCUT2D eigenvalue weighted by Gasteiger charge is -2.13. The van der Waals surface area contributed by atoms with Gasteiger partial charge in [0.25, 0.3) is 10.0 Å². The molecule has 3 aromatic rings. The van der Waals surface area contributed by atoms with Gasteiger partial charge in [-0.05, 0) is 36.4 Å². The van der Waals surface area contributed by atoms with Crippen molar-refractivity contribution in [3.05, 3.63) is 72.8 Å². The van der Waals surface area contributed by atoms with Crippen LogP contribution in [0.3, 0.4) is 0 Å². The highest BCUT2D eigenvalue weighted by molar-refractivity contribution is 7.92. The topological polar surface area (TPSA) is 89.5 Å². The number of aromatic nitrogens is 1. The van der Waals surface area contributed by atoms with Crippen molar-refractivity contribution in [1.29, 1.82) is 0 Å². The first-order valence-corrected chi connectivity index (χ1v) is 10.2. The minimum Gasteiger partial charge on any atom is -0.497 e. The fourth-order valence-electron chi connectivity index (χ4n) is 2.49. The Hall–Kier alpha value is -3.04. The van der Waals surface area contributed by atoms with Crippen LogP contribution in [0.25, 0.3) is 0 Å². The predicted molar refractivity (Wildman–Crippen MR) is 116 cm³/mol. The highest BCUT2D eigenvalue weighted by Gasteiger charge is 2.15. The summed E-state index contributed by atoms with van der Waals surface area (Å²) in [4.78, 5) is 3.90. The van der Waals surface area contributed by atoms with Gasteiger partial charge in [0.15, 0.2) is 0 Å². The molecule has 0 amide bonds. The van der Waals surface area contributed by atoms with E-state index in [1.165, 1.54) is 25.3 Å². The maximum Gasteiger partial charge on any atom is 0.261 e. The van der Waals surface area contributed by atoms with Crippen molar-refractivity contribution in [2.45, 2.75) is 4.90 Å². The van der Waals surface area contributed by atoms with Crippen molar-refractivity contribution >= 4 is 33.8 Å². The molecule has 0 spiro atoms. The van der Waals surface area contributed by atoms with Gasteiger partial charge in [-0.25, -0.2) is 12.8 Å². The van der Waals surface area contributed by atoms with E-state index in [-0.39, 0.29) is 23.0 Å². The molecule has 30 heavy (non-hydrogen) atoms. The minimum absolute atomic E-state index is 0. The van der Waals surface area contributed by atoms with Crippen LogP contribution in [0.2, 0.25) is 0 Å². The normalized spacial score (nSPS) is 10.6. The summed E-state index contributed by atoms with van der Waals surface area (Å²) in [5, 5.41) is 3.18. The molecule has 0 saturated heterocycles. The fraction of sp³-hybridized carbons (Fsp3) is 0.150. The number of hydrogen-bond donors (Lipinski definition) is 2. The molecule has 0 unspecified atom stereocenters. The van der Waals surface area contributed by atoms with Crippen LogP contribution < -0.4 is 19.5 Å². The zero-order valence-corrected chi connectivity index (χ0v) is 17.7.